The Morgan fingerprint density at radius 1 is 1.48 bits per heavy atom. The molecule has 0 spiro atoms. The van der Waals surface area contributed by atoms with Gasteiger partial charge in [-0.15, -0.1) is 11.3 Å². The van der Waals surface area contributed by atoms with Gasteiger partial charge in [0.2, 0.25) is 0 Å². The summed E-state index contributed by atoms with van der Waals surface area (Å²) in [6, 6.07) is 8.06. The van der Waals surface area contributed by atoms with Crippen LogP contribution in [-0.2, 0) is 6.54 Å². The second-order valence-corrected chi connectivity index (χ2v) is 5.94. The lowest BCUT2D eigenvalue weighted by Crippen LogP contribution is -2.33. The second-order valence-electron chi connectivity index (χ2n) is 5.05. The normalized spacial score (nSPS) is 14.0. The van der Waals surface area contributed by atoms with Gasteiger partial charge in [-0.05, 0) is 18.9 Å². The van der Waals surface area contributed by atoms with Gasteiger partial charge in [0.15, 0.2) is 5.13 Å². The highest BCUT2D eigenvalue weighted by molar-refractivity contribution is 7.13. The molecule has 2 aromatic rings. The Morgan fingerprint density at radius 3 is 2.86 bits per heavy atom. The van der Waals surface area contributed by atoms with Gasteiger partial charge in [-0.1, -0.05) is 18.2 Å². The third kappa shape index (κ3) is 3.00. The predicted octanol–water partition coefficient (Wildman–Crippen LogP) is 2.54. The third-order valence-corrected chi connectivity index (χ3v) is 4.20. The Kier molecular flexibility index (Phi) is 3.79. The average molecular weight is 303 g/mol. The van der Waals surface area contributed by atoms with Crippen LogP contribution in [-0.4, -0.2) is 28.9 Å². The van der Waals surface area contributed by atoms with E-state index in [9.17, 15) is 4.79 Å². The van der Waals surface area contributed by atoms with Crippen molar-refractivity contribution in [2.45, 2.75) is 25.4 Å². The van der Waals surface area contributed by atoms with E-state index in [2.05, 4.69) is 4.98 Å². The molecule has 21 heavy (non-hydrogen) atoms. The molecule has 0 unspecified atom stereocenters. The molecule has 1 aliphatic rings. The number of hydrogen-bond acceptors (Lipinski definition) is 5. The molecular weight excluding hydrogens is 286 g/mol. The summed E-state index contributed by atoms with van der Waals surface area (Å²) in [5.41, 5.74) is 7.06. The first kappa shape index (κ1) is 13.9. The van der Waals surface area contributed by atoms with Gasteiger partial charge in [0.05, 0.1) is 7.11 Å². The summed E-state index contributed by atoms with van der Waals surface area (Å²) in [6.45, 7) is 0.533. The number of hydrogen-bond donors (Lipinski definition) is 1. The summed E-state index contributed by atoms with van der Waals surface area (Å²) in [5, 5.41) is 2.14. The van der Waals surface area contributed by atoms with Crippen molar-refractivity contribution in [3.63, 3.8) is 0 Å². The largest absolute Gasteiger partial charge is 0.496 e. The van der Waals surface area contributed by atoms with E-state index in [4.69, 9.17) is 10.5 Å². The van der Waals surface area contributed by atoms with Crippen molar-refractivity contribution in [3.05, 3.63) is 40.9 Å². The van der Waals surface area contributed by atoms with Crippen LogP contribution < -0.4 is 10.5 Å². The van der Waals surface area contributed by atoms with Crippen LogP contribution in [0.25, 0.3) is 0 Å². The number of ether oxygens (including phenoxy) is 1. The molecule has 0 atom stereocenters. The Morgan fingerprint density at radius 2 is 2.24 bits per heavy atom. The fourth-order valence-electron chi connectivity index (χ4n) is 2.30. The third-order valence-electron chi connectivity index (χ3n) is 3.52. The number of para-hydroxylation sites is 1. The molecule has 1 fully saturated rings. The highest BCUT2D eigenvalue weighted by atomic mass is 32.1. The summed E-state index contributed by atoms with van der Waals surface area (Å²) in [4.78, 5) is 18.6. The number of anilines is 1. The van der Waals surface area contributed by atoms with Crippen LogP contribution in [0.5, 0.6) is 5.75 Å². The zero-order valence-electron chi connectivity index (χ0n) is 11.8. The lowest BCUT2D eigenvalue weighted by atomic mass is 10.1. The number of rotatable bonds is 5. The second kappa shape index (κ2) is 5.73. The number of benzene rings is 1. The van der Waals surface area contributed by atoms with Gasteiger partial charge in [-0.25, -0.2) is 4.98 Å². The van der Waals surface area contributed by atoms with Crippen LogP contribution in [0.1, 0.15) is 28.9 Å². The molecule has 110 valence electrons. The topological polar surface area (TPSA) is 68.5 Å². The molecule has 0 aliphatic heterocycles. The van der Waals surface area contributed by atoms with Gasteiger partial charge in [0.25, 0.3) is 5.91 Å². The lowest BCUT2D eigenvalue weighted by Gasteiger charge is -2.22. The maximum absolute atomic E-state index is 12.6. The van der Waals surface area contributed by atoms with E-state index in [1.807, 2.05) is 29.2 Å². The minimum absolute atomic E-state index is 0.0589. The molecule has 1 aliphatic carbocycles. The molecule has 0 bridgehead atoms. The van der Waals surface area contributed by atoms with Crippen molar-refractivity contribution in [2.75, 3.05) is 12.8 Å². The smallest absolute Gasteiger partial charge is 0.273 e. The van der Waals surface area contributed by atoms with E-state index in [0.717, 1.165) is 24.2 Å². The first-order chi connectivity index (χ1) is 10.2. The van der Waals surface area contributed by atoms with Gasteiger partial charge < -0.3 is 15.4 Å². The number of nitrogens with two attached hydrogens (primary N) is 1. The molecule has 1 aromatic carbocycles. The Labute approximate surface area is 127 Å². The molecule has 2 N–H and O–H groups in total. The number of aromatic nitrogens is 1. The molecule has 3 rings (SSSR count). The molecule has 0 radical (unpaired) electrons. The van der Waals surface area contributed by atoms with Crippen LogP contribution in [0.2, 0.25) is 0 Å². The zero-order valence-corrected chi connectivity index (χ0v) is 12.6. The Balaban J connectivity index is 1.83. The zero-order chi connectivity index (χ0) is 14.8. The summed E-state index contributed by atoms with van der Waals surface area (Å²) < 4.78 is 5.36. The van der Waals surface area contributed by atoms with Crippen molar-refractivity contribution in [1.82, 2.24) is 9.88 Å². The monoisotopic (exact) mass is 303 g/mol. The van der Waals surface area contributed by atoms with Crippen LogP contribution in [0.4, 0.5) is 5.13 Å². The summed E-state index contributed by atoms with van der Waals surface area (Å²) in [6.07, 6.45) is 2.08. The first-order valence-electron chi connectivity index (χ1n) is 6.83. The maximum Gasteiger partial charge on any atom is 0.273 e. The Bertz CT molecular complexity index is 652. The minimum atomic E-state index is -0.0589. The highest BCUT2D eigenvalue weighted by Gasteiger charge is 2.34. The van der Waals surface area contributed by atoms with Crippen molar-refractivity contribution >= 4 is 22.4 Å². The van der Waals surface area contributed by atoms with Crippen LogP contribution in [0, 0.1) is 0 Å². The van der Waals surface area contributed by atoms with E-state index >= 15 is 0 Å². The molecule has 1 amide bonds. The quantitative estimate of drug-likeness (QED) is 0.921. The van der Waals surface area contributed by atoms with Crippen molar-refractivity contribution in [1.29, 1.82) is 0 Å². The SMILES string of the molecule is COc1ccccc1CN(C(=O)c1csc(N)n1)C1CC1. The van der Waals surface area contributed by atoms with Gasteiger partial charge in [0, 0.05) is 23.5 Å². The highest BCUT2D eigenvalue weighted by Crippen LogP contribution is 2.31. The van der Waals surface area contributed by atoms with Gasteiger partial charge in [-0.3, -0.25) is 4.79 Å². The van der Waals surface area contributed by atoms with Gasteiger partial charge in [-0.2, -0.15) is 0 Å². The number of nitrogens with zero attached hydrogens (tertiary/aromatic N) is 2. The minimum Gasteiger partial charge on any atom is -0.496 e. The molecule has 0 saturated heterocycles. The van der Waals surface area contributed by atoms with E-state index in [1.54, 1.807) is 12.5 Å². The number of amides is 1. The predicted molar refractivity (Wildman–Crippen MR) is 82.4 cm³/mol. The number of methoxy groups -OCH3 is 1. The van der Waals surface area contributed by atoms with Crippen LogP contribution in [0.15, 0.2) is 29.6 Å². The van der Waals surface area contributed by atoms with Gasteiger partial charge >= 0.3 is 0 Å². The number of nitrogen functional groups attached to an aromatic ring is 1. The maximum atomic E-state index is 12.6. The van der Waals surface area contributed by atoms with E-state index in [1.165, 1.54) is 11.3 Å². The number of thiazole rings is 1. The fourth-order valence-corrected chi connectivity index (χ4v) is 2.84. The molecule has 5 nitrogen and oxygen atoms in total. The van der Waals surface area contributed by atoms with Gasteiger partial charge in [0.1, 0.15) is 11.4 Å². The van der Waals surface area contributed by atoms with Crippen molar-refractivity contribution in [2.24, 2.45) is 0 Å². The summed E-state index contributed by atoms with van der Waals surface area (Å²) >= 11 is 1.29. The average Bonchev–Trinajstić information content (AvgIpc) is 3.25. The van der Waals surface area contributed by atoms with Crippen LogP contribution in [0.3, 0.4) is 0 Å². The number of carbonyl (C=O) groups is 1. The van der Waals surface area contributed by atoms with E-state index in [-0.39, 0.29) is 5.91 Å². The molecule has 6 heteroatoms. The summed E-state index contributed by atoms with van der Waals surface area (Å²) in [7, 11) is 1.64. The lowest BCUT2D eigenvalue weighted by molar-refractivity contribution is 0.0723. The van der Waals surface area contributed by atoms with Crippen molar-refractivity contribution < 1.29 is 9.53 Å². The first-order valence-corrected chi connectivity index (χ1v) is 7.71. The Hall–Kier alpha value is -2.08. The fraction of sp³-hybridized carbons (Fsp3) is 0.333. The number of carbonyl (C=O) groups excluding carboxylic acids is 1. The van der Waals surface area contributed by atoms with E-state index in [0.29, 0.717) is 23.4 Å². The van der Waals surface area contributed by atoms with Crippen molar-refractivity contribution in [3.8, 4) is 5.75 Å². The molecule has 1 aromatic heterocycles. The van der Waals surface area contributed by atoms with E-state index < -0.39 is 0 Å². The molecule has 1 saturated carbocycles. The van der Waals surface area contributed by atoms with Crippen LogP contribution >= 0.6 is 11.3 Å². The standard InChI is InChI=1S/C15H17N3O2S/c1-20-13-5-3-2-4-10(13)8-18(11-6-7-11)14(19)12-9-21-15(16)17-12/h2-5,9,11H,6-8H2,1H3,(H2,16,17). The molecular formula is C15H17N3O2S. The molecule has 1 heterocycles. The summed E-state index contributed by atoms with van der Waals surface area (Å²) in [5.74, 6) is 0.741.